The van der Waals surface area contributed by atoms with Gasteiger partial charge in [-0.2, -0.15) is 0 Å². The molecule has 0 saturated heterocycles. The van der Waals surface area contributed by atoms with Gasteiger partial charge in [0.2, 0.25) is 0 Å². The topological polar surface area (TPSA) is 78.4 Å². The van der Waals surface area contributed by atoms with Crippen LogP contribution in [0.15, 0.2) is 12.1 Å². The highest BCUT2D eigenvalue weighted by Gasteiger charge is 2.25. The average Bonchev–Trinajstić information content (AvgIpc) is 2.33. The van der Waals surface area contributed by atoms with E-state index in [0.29, 0.717) is 6.42 Å². The van der Waals surface area contributed by atoms with E-state index < -0.39 is 10.7 Å². The van der Waals surface area contributed by atoms with E-state index in [9.17, 15) is 14.5 Å². The first-order chi connectivity index (χ1) is 8.97. The molecule has 2 rings (SSSR count). The lowest BCUT2D eigenvalue weighted by Crippen LogP contribution is -2.33. The molecule has 1 saturated carbocycles. The summed E-state index contributed by atoms with van der Waals surface area (Å²) in [5.74, 6) is -0.525. The lowest BCUT2D eigenvalue weighted by Gasteiger charge is -2.27. The molecular weight excluding hydrogens is 366 g/mol. The van der Waals surface area contributed by atoms with Gasteiger partial charge in [0.25, 0.3) is 0 Å². The Balaban J connectivity index is 2.23. The summed E-state index contributed by atoms with van der Waals surface area (Å²) in [5, 5.41) is 11.0. The molecule has 2 unspecified atom stereocenters. The lowest BCUT2D eigenvalue weighted by molar-refractivity contribution is -0.386. The van der Waals surface area contributed by atoms with Gasteiger partial charge in [-0.3, -0.25) is 10.1 Å². The van der Waals surface area contributed by atoms with E-state index in [1.165, 1.54) is 6.07 Å². The molecule has 0 aliphatic heterocycles. The van der Waals surface area contributed by atoms with Gasteiger partial charge in [-0.15, -0.1) is 0 Å². The molecule has 2 N–H and O–H groups in total. The smallest absolute Gasteiger partial charge is 0.312 e. The quantitative estimate of drug-likeness (QED) is 0.497. The van der Waals surface area contributed by atoms with Crippen LogP contribution < -0.4 is 10.5 Å². The summed E-state index contributed by atoms with van der Waals surface area (Å²) in [6.45, 7) is 0. The second kappa shape index (κ2) is 6.00. The van der Waals surface area contributed by atoms with Crippen molar-refractivity contribution >= 4 is 28.3 Å². The van der Waals surface area contributed by atoms with Crippen LogP contribution in [0.2, 0.25) is 0 Å². The predicted molar refractivity (Wildman–Crippen MR) is 76.6 cm³/mol. The van der Waals surface area contributed by atoms with Crippen molar-refractivity contribution in [3.05, 3.63) is 31.6 Å². The lowest BCUT2D eigenvalue weighted by atomic mass is 9.93. The maximum atomic E-state index is 13.5. The van der Waals surface area contributed by atoms with E-state index in [0.717, 1.165) is 25.3 Å². The summed E-state index contributed by atoms with van der Waals surface area (Å²) in [7, 11) is 0. The number of nitro benzene ring substituents is 1. The normalized spacial score (nSPS) is 23.1. The summed E-state index contributed by atoms with van der Waals surface area (Å²) in [6, 6.07) is 2.32. The molecule has 1 aliphatic carbocycles. The van der Waals surface area contributed by atoms with Crippen molar-refractivity contribution in [3.63, 3.8) is 0 Å². The molecule has 1 aromatic rings. The molecule has 2 atom stereocenters. The van der Waals surface area contributed by atoms with Gasteiger partial charge < -0.3 is 10.5 Å². The molecule has 7 heteroatoms. The fraction of sp³-hybridized carbons (Fsp3) is 0.500. The molecule has 0 amide bonds. The van der Waals surface area contributed by atoms with Crippen molar-refractivity contribution in [3.8, 4) is 5.75 Å². The summed E-state index contributed by atoms with van der Waals surface area (Å²) < 4.78 is 19.3. The molecule has 0 heterocycles. The third kappa shape index (κ3) is 3.53. The molecule has 1 fully saturated rings. The predicted octanol–water partition coefficient (Wildman–Crippen LogP) is 2.99. The van der Waals surface area contributed by atoms with Crippen molar-refractivity contribution < 1.29 is 14.1 Å². The third-order valence-corrected chi connectivity index (χ3v) is 3.99. The van der Waals surface area contributed by atoms with Crippen molar-refractivity contribution in [2.24, 2.45) is 5.73 Å². The molecule has 5 nitrogen and oxygen atoms in total. The highest BCUT2D eigenvalue weighted by molar-refractivity contribution is 14.1. The maximum Gasteiger partial charge on any atom is 0.312 e. The zero-order chi connectivity index (χ0) is 14.0. The molecule has 0 bridgehead atoms. The number of benzene rings is 1. The van der Waals surface area contributed by atoms with Crippen LogP contribution in [-0.4, -0.2) is 17.1 Å². The van der Waals surface area contributed by atoms with E-state index in [1.807, 2.05) is 0 Å². The van der Waals surface area contributed by atoms with Gasteiger partial charge in [0.1, 0.15) is 11.9 Å². The van der Waals surface area contributed by atoms with Gasteiger partial charge in [0.15, 0.2) is 5.75 Å². The van der Waals surface area contributed by atoms with Crippen LogP contribution in [0.1, 0.15) is 25.7 Å². The number of hydrogen-bond acceptors (Lipinski definition) is 4. The van der Waals surface area contributed by atoms with Gasteiger partial charge in [-0.1, -0.05) is 0 Å². The Labute approximate surface area is 123 Å². The van der Waals surface area contributed by atoms with Gasteiger partial charge in [0.05, 0.1) is 8.49 Å². The molecule has 104 valence electrons. The van der Waals surface area contributed by atoms with Crippen molar-refractivity contribution in [1.82, 2.24) is 0 Å². The van der Waals surface area contributed by atoms with Crippen LogP contribution in [-0.2, 0) is 0 Å². The van der Waals surface area contributed by atoms with Crippen molar-refractivity contribution in [2.75, 3.05) is 0 Å². The monoisotopic (exact) mass is 380 g/mol. The first-order valence-electron chi connectivity index (χ1n) is 6.03. The Morgan fingerprint density at radius 2 is 2.21 bits per heavy atom. The van der Waals surface area contributed by atoms with Crippen molar-refractivity contribution in [1.29, 1.82) is 0 Å². The zero-order valence-corrected chi connectivity index (χ0v) is 12.3. The fourth-order valence-corrected chi connectivity index (χ4v) is 2.67. The Hall–Kier alpha value is -0.960. The standard InChI is InChI=1S/C12H14FIN2O3/c13-9-5-12(11(16(17)18)6-10(9)14)19-8-3-1-2-7(15)4-8/h5-8H,1-4,15H2. The van der Waals surface area contributed by atoms with Crippen LogP contribution >= 0.6 is 22.6 Å². The second-order valence-corrected chi connectivity index (χ2v) is 5.82. The first kappa shape index (κ1) is 14.4. The van der Waals surface area contributed by atoms with Crippen LogP contribution in [0.25, 0.3) is 0 Å². The number of nitrogens with zero attached hydrogens (tertiary/aromatic N) is 1. The molecule has 0 aromatic heterocycles. The zero-order valence-electron chi connectivity index (χ0n) is 10.1. The van der Waals surface area contributed by atoms with E-state index in [1.54, 1.807) is 22.6 Å². The summed E-state index contributed by atoms with van der Waals surface area (Å²) in [6.07, 6.45) is 3.11. The molecular formula is C12H14FIN2O3. The van der Waals surface area contributed by atoms with Crippen LogP contribution in [0.3, 0.4) is 0 Å². The summed E-state index contributed by atoms with van der Waals surface area (Å²) in [4.78, 5) is 10.4. The Bertz CT molecular complexity index is 498. The van der Waals surface area contributed by atoms with Crippen LogP contribution in [0.4, 0.5) is 10.1 Å². The minimum atomic E-state index is -0.556. The number of hydrogen-bond donors (Lipinski definition) is 1. The minimum Gasteiger partial charge on any atom is -0.483 e. The Morgan fingerprint density at radius 1 is 1.47 bits per heavy atom. The molecule has 1 aliphatic rings. The largest absolute Gasteiger partial charge is 0.483 e. The van der Waals surface area contributed by atoms with E-state index >= 15 is 0 Å². The van der Waals surface area contributed by atoms with Gasteiger partial charge in [-0.25, -0.2) is 4.39 Å². The van der Waals surface area contributed by atoms with Gasteiger partial charge in [-0.05, 0) is 48.3 Å². The molecule has 0 radical (unpaired) electrons. The summed E-state index contributed by atoms with van der Waals surface area (Å²) in [5.41, 5.74) is 5.64. The fourth-order valence-electron chi connectivity index (χ4n) is 2.22. The van der Waals surface area contributed by atoms with Crippen LogP contribution in [0, 0.1) is 19.5 Å². The highest BCUT2D eigenvalue weighted by Crippen LogP contribution is 2.33. The Morgan fingerprint density at radius 3 is 2.84 bits per heavy atom. The molecule has 19 heavy (non-hydrogen) atoms. The van der Waals surface area contributed by atoms with E-state index in [4.69, 9.17) is 10.5 Å². The first-order valence-corrected chi connectivity index (χ1v) is 7.11. The number of rotatable bonds is 3. The minimum absolute atomic E-state index is 0.0120. The van der Waals surface area contributed by atoms with E-state index in [-0.39, 0.29) is 27.2 Å². The SMILES string of the molecule is NC1CCCC(Oc2cc(F)c(I)cc2[N+](=O)[O-])C1. The number of ether oxygens (including phenoxy) is 1. The molecule has 1 aromatic carbocycles. The highest BCUT2D eigenvalue weighted by atomic mass is 127. The summed E-state index contributed by atoms with van der Waals surface area (Å²) >= 11 is 1.72. The Kier molecular flexibility index (Phi) is 4.56. The van der Waals surface area contributed by atoms with E-state index in [2.05, 4.69) is 0 Å². The third-order valence-electron chi connectivity index (χ3n) is 3.16. The average molecular weight is 380 g/mol. The van der Waals surface area contributed by atoms with Crippen LogP contribution in [0.5, 0.6) is 5.75 Å². The van der Waals surface area contributed by atoms with Gasteiger partial charge >= 0.3 is 5.69 Å². The molecule has 0 spiro atoms. The van der Waals surface area contributed by atoms with Crippen molar-refractivity contribution in [2.45, 2.75) is 37.8 Å². The maximum absolute atomic E-state index is 13.5. The van der Waals surface area contributed by atoms with Gasteiger partial charge in [0, 0.05) is 18.2 Å². The second-order valence-electron chi connectivity index (χ2n) is 4.66. The number of nitrogens with two attached hydrogens (primary N) is 1. The number of halogens is 2. The number of nitro groups is 1.